The van der Waals surface area contributed by atoms with Crippen LogP contribution in [0.15, 0.2) is 22.5 Å². The third-order valence-corrected chi connectivity index (χ3v) is 1.72. The van der Waals surface area contributed by atoms with Gasteiger partial charge in [0.2, 0.25) is 0 Å². The van der Waals surface area contributed by atoms with Crippen LogP contribution in [0, 0.1) is 0 Å². The van der Waals surface area contributed by atoms with Gasteiger partial charge in [0.1, 0.15) is 5.76 Å². The molecule has 70 valence electrons. The van der Waals surface area contributed by atoms with E-state index >= 15 is 0 Å². The van der Waals surface area contributed by atoms with Gasteiger partial charge in [0.25, 0.3) is 0 Å². The fourth-order valence-corrected chi connectivity index (χ4v) is 1.02. The molecule has 2 N–H and O–H groups in total. The zero-order chi connectivity index (χ0) is 9.72. The third-order valence-electron chi connectivity index (χ3n) is 1.72. The number of hydrogen-bond donors (Lipinski definition) is 2. The molecule has 0 atom stereocenters. The van der Waals surface area contributed by atoms with Crippen molar-refractivity contribution in [2.45, 2.75) is 34.1 Å². The van der Waals surface area contributed by atoms with Crippen LogP contribution in [0.5, 0.6) is 0 Å². The highest BCUT2D eigenvalue weighted by atomic mass is 16.3. The van der Waals surface area contributed by atoms with Crippen LogP contribution in [0.25, 0.3) is 0 Å². The smallest absolute Gasteiger partial charge is 0.117 e. The normalized spacial score (nSPS) is 9.42. The van der Waals surface area contributed by atoms with Crippen LogP contribution >= 0.6 is 0 Å². The molecule has 0 aliphatic rings. The summed E-state index contributed by atoms with van der Waals surface area (Å²) in [5.41, 5.74) is 2.81. The predicted molar refractivity (Wildman–Crippen MR) is 51.1 cm³/mol. The van der Waals surface area contributed by atoms with E-state index in [1.54, 1.807) is 0 Å². The SMILES string of the molecule is CC(C)=C(O)C(CCO)=C(C)C. The van der Waals surface area contributed by atoms with Gasteiger partial charge in [-0.05, 0) is 45.3 Å². The first-order chi connectivity index (χ1) is 5.50. The fourth-order valence-electron chi connectivity index (χ4n) is 1.02. The highest BCUT2D eigenvalue weighted by Crippen LogP contribution is 2.18. The topological polar surface area (TPSA) is 40.5 Å². The van der Waals surface area contributed by atoms with Crippen molar-refractivity contribution in [3.8, 4) is 0 Å². The summed E-state index contributed by atoms with van der Waals surface area (Å²) in [6.45, 7) is 7.66. The van der Waals surface area contributed by atoms with E-state index in [9.17, 15) is 5.11 Å². The van der Waals surface area contributed by atoms with Crippen LogP contribution < -0.4 is 0 Å². The van der Waals surface area contributed by atoms with Crippen molar-refractivity contribution in [3.05, 3.63) is 22.5 Å². The lowest BCUT2D eigenvalue weighted by molar-refractivity contribution is 0.293. The Morgan fingerprint density at radius 2 is 1.50 bits per heavy atom. The van der Waals surface area contributed by atoms with Crippen molar-refractivity contribution in [1.82, 2.24) is 0 Å². The highest BCUT2D eigenvalue weighted by Gasteiger charge is 2.05. The molecule has 0 rings (SSSR count). The zero-order valence-corrected chi connectivity index (χ0v) is 8.31. The lowest BCUT2D eigenvalue weighted by Gasteiger charge is -2.09. The van der Waals surface area contributed by atoms with Crippen LogP contribution in [-0.4, -0.2) is 16.8 Å². The van der Waals surface area contributed by atoms with E-state index in [4.69, 9.17) is 5.11 Å². The molecule has 0 spiro atoms. The maximum Gasteiger partial charge on any atom is 0.117 e. The minimum atomic E-state index is 0.0812. The van der Waals surface area contributed by atoms with E-state index < -0.39 is 0 Å². The number of rotatable bonds is 3. The molecule has 0 fully saturated rings. The van der Waals surface area contributed by atoms with Crippen LogP contribution in [0.4, 0.5) is 0 Å². The quantitative estimate of drug-likeness (QED) is 0.505. The maximum absolute atomic E-state index is 9.60. The van der Waals surface area contributed by atoms with Crippen molar-refractivity contribution < 1.29 is 10.2 Å². The summed E-state index contributed by atoms with van der Waals surface area (Å²) < 4.78 is 0. The molecule has 0 radical (unpaired) electrons. The maximum atomic E-state index is 9.60. The van der Waals surface area contributed by atoms with Gasteiger partial charge in [-0.3, -0.25) is 0 Å². The van der Waals surface area contributed by atoms with Crippen molar-refractivity contribution in [3.63, 3.8) is 0 Å². The van der Waals surface area contributed by atoms with Crippen LogP contribution in [0.1, 0.15) is 34.1 Å². The Morgan fingerprint density at radius 1 is 1.00 bits per heavy atom. The summed E-state index contributed by atoms with van der Waals surface area (Å²) in [7, 11) is 0. The van der Waals surface area contributed by atoms with E-state index in [1.165, 1.54) is 0 Å². The number of allylic oxidation sites excluding steroid dienone is 3. The molecule has 0 aromatic heterocycles. The molecule has 0 unspecified atom stereocenters. The fraction of sp³-hybridized carbons (Fsp3) is 0.600. The van der Waals surface area contributed by atoms with E-state index in [-0.39, 0.29) is 6.61 Å². The molecule has 0 saturated carbocycles. The summed E-state index contributed by atoms with van der Waals surface area (Å²) in [6, 6.07) is 0. The summed E-state index contributed by atoms with van der Waals surface area (Å²) >= 11 is 0. The van der Waals surface area contributed by atoms with Crippen LogP contribution in [0.3, 0.4) is 0 Å². The minimum Gasteiger partial charge on any atom is -0.508 e. The monoisotopic (exact) mass is 170 g/mol. The molecular formula is C10H18O2. The Hall–Kier alpha value is -0.760. The molecule has 0 saturated heterocycles. The molecule has 0 heterocycles. The highest BCUT2D eigenvalue weighted by molar-refractivity contribution is 5.31. The lowest BCUT2D eigenvalue weighted by atomic mass is 10.0. The Balaban J connectivity index is 4.79. The standard InChI is InChI=1S/C10H18O2/c1-7(2)9(5-6-11)10(12)8(3)4/h11-12H,5-6H2,1-4H3. The molecule has 0 aromatic carbocycles. The largest absolute Gasteiger partial charge is 0.508 e. The van der Waals surface area contributed by atoms with Gasteiger partial charge in [-0.2, -0.15) is 0 Å². The molecule has 0 amide bonds. The van der Waals surface area contributed by atoms with Gasteiger partial charge in [0.15, 0.2) is 0 Å². The molecule has 0 aliphatic carbocycles. The average Bonchev–Trinajstić information content (AvgIpc) is 1.98. The van der Waals surface area contributed by atoms with E-state index in [0.717, 1.165) is 16.7 Å². The van der Waals surface area contributed by atoms with Gasteiger partial charge in [0, 0.05) is 6.61 Å². The van der Waals surface area contributed by atoms with Gasteiger partial charge in [0.05, 0.1) is 0 Å². The van der Waals surface area contributed by atoms with E-state index in [1.807, 2.05) is 27.7 Å². The van der Waals surface area contributed by atoms with Gasteiger partial charge in [-0.25, -0.2) is 0 Å². The average molecular weight is 170 g/mol. The number of aliphatic hydroxyl groups is 2. The Bertz CT molecular complexity index is 204. The van der Waals surface area contributed by atoms with Gasteiger partial charge >= 0.3 is 0 Å². The van der Waals surface area contributed by atoms with Crippen molar-refractivity contribution in [2.24, 2.45) is 0 Å². The first-order valence-corrected chi connectivity index (χ1v) is 4.14. The second-order valence-electron chi connectivity index (χ2n) is 3.30. The summed E-state index contributed by atoms with van der Waals surface area (Å²) in [4.78, 5) is 0. The predicted octanol–water partition coefficient (Wildman–Crippen LogP) is 2.56. The molecule has 2 heteroatoms. The van der Waals surface area contributed by atoms with Crippen LogP contribution in [0.2, 0.25) is 0 Å². The first kappa shape index (κ1) is 11.2. The summed E-state index contributed by atoms with van der Waals surface area (Å²) in [5.74, 6) is 0.323. The van der Waals surface area contributed by atoms with Crippen molar-refractivity contribution in [1.29, 1.82) is 0 Å². The zero-order valence-electron chi connectivity index (χ0n) is 8.31. The number of aliphatic hydroxyl groups excluding tert-OH is 2. The second kappa shape index (κ2) is 4.99. The Kier molecular flexibility index (Phi) is 4.67. The second-order valence-corrected chi connectivity index (χ2v) is 3.30. The van der Waals surface area contributed by atoms with Gasteiger partial charge in [-0.1, -0.05) is 5.57 Å². The molecule has 0 aliphatic heterocycles. The van der Waals surface area contributed by atoms with Gasteiger partial charge < -0.3 is 10.2 Å². The lowest BCUT2D eigenvalue weighted by Crippen LogP contribution is -1.97. The molecule has 0 aromatic rings. The minimum absolute atomic E-state index is 0.0812. The first-order valence-electron chi connectivity index (χ1n) is 4.14. The van der Waals surface area contributed by atoms with Crippen molar-refractivity contribution in [2.75, 3.05) is 6.61 Å². The molecule has 12 heavy (non-hydrogen) atoms. The number of hydrogen-bond acceptors (Lipinski definition) is 2. The Morgan fingerprint density at radius 3 is 1.75 bits per heavy atom. The molecule has 0 bridgehead atoms. The van der Waals surface area contributed by atoms with Crippen LogP contribution in [-0.2, 0) is 0 Å². The van der Waals surface area contributed by atoms with E-state index in [2.05, 4.69) is 0 Å². The molecular weight excluding hydrogens is 152 g/mol. The third kappa shape index (κ3) is 3.09. The summed E-state index contributed by atoms with van der Waals surface area (Å²) in [5, 5.41) is 18.3. The Labute approximate surface area is 74.2 Å². The molecule has 2 nitrogen and oxygen atoms in total. The van der Waals surface area contributed by atoms with Gasteiger partial charge in [-0.15, -0.1) is 0 Å². The summed E-state index contributed by atoms with van der Waals surface area (Å²) in [6.07, 6.45) is 0.527. The van der Waals surface area contributed by atoms with E-state index in [0.29, 0.717) is 12.2 Å². The van der Waals surface area contributed by atoms with Crippen molar-refractivity contribution >= 4 is 0 Å².